The molecule has 2 saturated carbocycles. The quantitative estimate of drug-likeness (QED) is 0.318. The largest absolute Gasteiger partial charge is 0.488 e. The van der Waals surface area contributed by atoms with Crippen molar-refractivity contribution in [3.8, 4) is 5.75 Å². The van der Waals surface area contributed by atoms with E-state index in [9.17, 15) is 4.79 Å². The van der Waals surface area contributed by atoms with Gasteiger partial charge in [-0.3, -0.25) is 4.79 Å². The summed E-state index contributed by atoms with van der Waals surface area (Å²) in [6.07, 6.45) is 6.50. The van der Waals surface area contributed by atoms with Crippen LogP contribution < -0.4 is 10.2 Å². The van der Waals surface area contributed by atoms with Crippen LogP contribution in [-0.2, 0) is 11.4 Å². The van der Waals surface area contributed by atoms with Crippen molar-refractivity contribution in [3.05, 3.63) is 76.3 Å². The van der Waals surface area contributed by atoms with E-state index >= 15 is 0 Å². The first-order valence-electron chi connectivity index (χ1n) is 11.3. The van der Waals surface area contributed by atoms with Gasteiger partial charge in [0.15, 0.2) is 0 Å². The standard InChI is InChI=1S/C27H27BrN2O2/c1-27-14-5-4-11-22(27)25(27)26(31)30-29-16-18-12-13-24(23(28)15-18)32-17-20-9-6-8-19-7-2-3-10-21(19)20/h2-3,6-10,12-13,15-16,22,25H,4-5,11,14,17H2,1H3,(H,30,31)/b29-16-/t22-,25+,27+/m1/s1. The van der Waals surface area contributed by atoms with E-state index in [1.807, 2.05) is 30.3 Å². The second kappa shape index (κ2) is 8.70. The van der Waals surface area contributed by atoms with E-state index in [1.165, 1.54) is 30.0 Å². The molecule has 0 bridgehead atoms. The van der Waals surface area contributed by atoms with Crippen molar-refractivity contribution in [1.82, 2.24) is 5.43 Å². The number of amides is 1. The smallest absolute Gasteiger partial charge is 0.244 e. The number of nitrogens with one attached hydrogen (secondary N) is 1. The third-order valence-electron chi connectivity index (χ3n) is 7.22. The summed E-state index contributed by atoms with van der Waals surface area (Å²) in [5, 5.41) is 6.62. The van der Waals surface area contributed by atoms with Crippen LogP contribution in [0.25, 0.3) is 10.8 Å². The molecule has 5 rings (SSSR count). The molecule has 0 radical (unpaired) electrons. The van der Waals surface area contributed by atoms with Crippen molar-refractivity contribution in [2.45, 2.75) is 39.2 Å². The molecular weight excluding hydrogens is 464 g/mol. The molecule has 3 atom stereocenters. The van der Waals surface area contributed by atoms with Crippen LogP contribution >= 0.6 is 15.9 Å². The lowest BCUT2D eigenvalue weighted by atomic mass is 9.90. The molecule has 0 aliphatic heterocycles. The molecule has 4 nitrogen and oxygen atoms in total. The predicted molar refractivity (Wildman–Crippen MR) is 132 cm³/mol. The number of ether oxygens (including phenoxy) is 1. The van der Waals surface area contributed by atoms with Gasteiger partial charge in [-0.2, -0.15) is 5.10 Å². The normalized spacial score (nSPS) is 24.3. The number of carbonyl (C=O) groups is 1. The predicted octanol–water partition coefficient (Wildman–Crippen LogP) is 6.46. The fourth-order valence-electron chi connectivity index (χ4n) is 5.38. The molecule has 0 unspecified atom stereocenters. The van der Waals surface area contributed by atoms with E-state index in [2.05, 4.69) is 63.7 Å². The molecule has 32 heavy (non-hydrogen) atoms. The van der Waals surface area contributed by atoms with Crippen LogP contribution in [-0.4, -0.2) is 12.1 Å². The van der Waals surface area contributed by atoms with Crippen molar-refractivity contribution >= 4 is 38.8 Å². The van der Waals surface area contributed by atoms with Crippen LogP contribution in [0.5, 0.6) is 5.75 Å². The fourth-order valence-corrected chi connectivity index (χ4v) is 5.89. The number of halogens is 1. The first-order chi connectivity index (χ1) is 15.6. The maximum Gasteiger partial charge on any atom is 0.244 e. The van der Waals surface area contributed by atoms with E-state index in [0.717, 1.165) is 27.8 Å². The van der Waals surface area contributed by atoms with Gasteiger partial charge in [-0.15, -0.1) is 0 Å². The first kappa shape index (κ1) is 21.2. The zero-order valence-corrected chi connectivity index (χ0v) is 19.8. The van der Waals surface area contributed by atoms with Crippen LogP contribution in [0, 0.1) is 17.3 Å². The molecule has 0 saturated heterocycles. The molecule has 0 aromatic heterocycles. The van der Waals surface area contributed by atoms with Gasteiger partial charge in [0.1, 0.15) is 12.4 Å². The van der Waals surface area contributed by atoms with Crippen LogP contribution in [0.2, 0.25) is 0 Å². The Morgan fingerprint density at radius 1 is 1.19 bits per heavy atom. The number of hydrogen-bond acceptors (Lipinski definition) is 3. The molecule has 3 aromatic rings. The number of hydrogen-bond donors (Lipinski definition) is 1. The first-order valence-corrected chi connectivity index (χ1v) is 12.1. The van der Waals surface area contributed by atoms with Crippen molar-refractivity contribution in [2.75, 3.05) is 0 Å². The van der Waals surface area contributed by atoms with Gasteiger partial charge in [-0.25, -0.2) is 5.43 Å². The highest BCUT2D eigenvalue weighted by molar-refractivity contribution is 9.10. The molecule has 2 aliphatic rings. The zero-order valence-electron chi connectivity index (χ0n) is 18.2. The van der Waals surface area contributed by atoms with E-state index in [4.69, 9.17) is 4.74 Å². The van der Waals surface area contributed by atoms with E-state index < -0.39 is 0 Å². The van der Waals surface area contributed by atoms with Gasteiger partial charge in [0.2, 0.25) is 5.91 Å². The lowest BCUT2D eigenvalue weighted by Gasteiger charge is -2.15. The highest BCUT2D eigenvalue weighted by atomic mass is 79.9. The molecule has 0 spiro atoms. The summed E-state index contributed by atoms with van der Waals surface area (Å²) in [7, 11) is 0. The zero-order chi connectivity index (χ0) is 22.1. The average Bonchev–Trinajstić information content (AvgIpc) is 3.44. The van der Waals surface area contributed by atoms with Crippen molar-refractivity contribution in [3.63, 3.8) is 0 Å². The van der Waals surface area contributed by atoms with Gasteiger partial charge >= 0.3 is 0 Å². The van der Waals surface area contributed by atoms with Crippen LogP contribution in [0.15, 0.2) is 70.2 Å². The Morgan fingerprint density at radius 2 is 2.03 bits per heavy atom. The topological polar surface area (TPSA) is 50.7 Å². The summed E-state index contributed by atoms with van der Waals surface area (Å²) in [5.41, 5.74) is 5.00. The minimum Gasteiger partial charge on any atom is -0.488 e. The van der Waals surface area contributed by atoms with E-state index in [-0.39, 0.29) is 17.2 Å². The minimum absolute atomic E-state index is 0.0600. The molecule has 5 heteroatoms. The molecule has 1 N–H and O–H groups in total. The number of benzene rings is 3. The third kappa shape index (κ3) is 4.06. The van der Waals surface area contributed by atoms with Gasteiger partial charge in [-0.05, 0) is 80.2 Å². The molecule has 2 aliphatic carbocycles. The molecule has 2 fully saturated rings. The Morgan fingerprint density at radius 3 is 2.84 bits per heavy atom. The Labute approximate surface area is 197 Å². The number of carbonyl (C=O) groups excluding carboxylic acids is 1. The second-order valence-electron chi connectivity index (χ2n) is 9.19. The minimum atomic E-state index is 0.0600. The van der Waals surface area contributed by atoms with Crippen LogP contribution in [0.4, 0.5) is 0 Å². The summed E-state index contributed by atoms with van der Waals surface area (Å²) in [6.45, 7) is 2.74. The van der Waals surface area contributed by atoms with Crippen molar-refractivity contribution in [1.29, 1.82) is 0 Å². The summed E-state index contributed by atoms with van der Waals surface area (Å²) in [6, 6.07) is 20.4. The molecule has 3 aromatic carbocycles. The number of rotatable bonds is 6. The van der Waals surface area contributed by atoms with Crippen LogP contribution in [0.1, 0.15) is 43.7 Å². The Hall–Kier alpha value is -2.66. The van der Waals surface area contributed by atoms with Gasteiger partial charge in [0.25, 0.3) is 0 Å². The monoisotopic (exact) mass is 490 g/mol. The summed E-state index contributed by atoms with van der Waals surface area (Å²) >= 11 is 3.60. The summed E-state index contributed by atoms with van der Waals surface area (Å²) in [5.74, 6) is 1.50. The summed E-state index contributed by atoms with van der Waals surface area (Å²) < 4.78 is 6.93. The lowest BCUT2D eigenvalue weighted by molar-refractivity contribution is -0.123. The van der Waals surface area contributed by atoms with Crippen molar-refractivity contribution < 1.29 is 9.53 Å². The van der Waals surface area contributed by atoms with Crippen molar-refractivity contribution in [2.24, 2.45) is 22.4 Å². The second-order valence-corrected chi connectivity index (χ2v) is 10.0. The molecule has 0 heterocycles. The Bertz CT molecular complexity index is 1190. The molecular formula is C27H27BrN2O2. The maximum atomic E-state index is 12.5. The Balaban J connectivity index is 1.19. The number of fused-ring (bicyclic) bond motifs is 2. The molecule has 164 valence electrons. The third-order valence-corrected chi connectivity index (χ3v) is 7.84. The summed E-state index contributed by atoms with van der Waals surface area (Å²) in [4.78, 5) is 12.5. The van der Waals surface area contributed by atoms with Gasteiger partial charge in [0.05, 0.1) is 10.7 Å². The highest BCUT2D eigenvalue weighted by Crippen LogP contribution is 2.66. The number of nitrogens with zero attached hydrogens (tertiary/aromatic N) is 1. The van der Waals surface area contributed by atoms with E-state index in [0.29, 0.717) is 12.5 Å². The lowest BCUT2D eigenvalue weighted by Crippen LogP contribution is -2.22. The molecule has 1 amide bonds. The highest BCUT2D eigenvalue weighted by Gasteiger charge is 2.64. The van der Waals surface area contributed by atoms with E-state index in [1.54, 1.807) is 6.21 Å². The Kier molecular flexibility index (Phi) is 5.76. The fraction of sp³-hybridized carbons (Fsp3) is 0.333. The SMILES string of the molecule is C[C@]12CCCC[C@@H]1[C@H]2C(=O)N/N=C\c1ccc(OCc2cccc3ccccc23)c(Br)c1. The van der Waals surface area contributed by atoms with Gasteiger partial charge in [-0.1, -0.05) is 62.2 Å². The average molecular weight is 491 g/mol. The van der Waals surface area contributed by atoms with Gasteiger partial charge < -0.3 is 4.74 Å². The maximum absolute atomic E-state index is 12.5. The number of hydrazone groups is 1. The van der Waals surface area contributed by atoms with Crippen LogP contribution in [0.3, 0.4) is 0 Å². The van der Waals surface area contributed by atoms with Gasteiger partial charge in [0, 0.05) is 5.92 Å².